The van der Waals surface area contributed by atoms with E-state index in [0.717, 1.165) is 23.2 Å². The molecule has 0 saturated carbocycles. The third-order valence-corrected chi connectivity index (χ3v) is 5.44. The molecule has 1 amide bonds. The number of nitrogens with zero attached hydrogens (tertiary/aromatic N) is 5. The fourth-order valence-electron chi connectivity index (χ4n) is 3.45. The number of allylic oxidation sites excluding steroid dienone is 1. The summed E-state index contributed by atoms with van der Waals surface area (Å²) in [5.74, 6) is 0.438. The van der Waals surface area contributed by atoms with Crippen molar-refractivity contribution in [3.8, 4) is 0 Å². The zero-order valence-corrected chi connectivity index (χ0v) is 17.6. The Morgan fingerprint density at radius 3 is 2.60 bits per heavy atom. The number of carbonyl (C=O) groups is 1. The van der Waals surface area contributed by atoms with E-state index in [0.29, 0.717) is 11.0 Å². The van der Waals surface area contributed by atoms with Crippen LogP contribution in [0, 0.1) is 0 Å². The quantitative estimate of drug-likeness (QED) is 0.655. The summed E-state index contributed by atoms with van der Waals surface area (Å²) in [4.78, 5) is 14.6. The summed E-state index contributed by atoms with van der Waals surface area (Å²) in [7, 11) is 0. The van der Waals surface area contributed by atoms with Crippen LogP contribution < -0.4 is 10.2 Å². The van der Waals surface area contributed by atoms with Gasteiger partial charge < -0.3 is 5.32 Å². The number of hydrogen-bond acceptors (Lipinski definition) is 5. The van der Waals surface area contributed by atoms with Crippen molar-refractivity contribution < 1.29 is 4.79 Å². The first kappa shape index (κ1) is 20.1. The second-order valence-electron chi connectivity index (χ2n) is 7.30. The van der Waals surface area contributed by atoms with Gasteiger partial charge in [-0.25, -0.2) is 0 Å². The predicted molar refractivity (Wildman–Crippen MR) is 117 cm³/mol. The molecule has 0 bridgehead atoms. The first-order chi connectivity index (χ1) is 14.6. The molecule has 7 nitrogen and oxygen atoms in total. The first-order valence-electron chi connectivity index (χ1n) is 9.94. The Kier molecular flexibility index (Phi) is 5.81. The number of tetrazole rings is 1. The fourth-order valence-corrected chi connectivity index (χ4v) is 3.57. The average Bonchev–Trinajstić information content (AvgIpc) is 3.25. The fraction of sp³-hybridized carbons (Fsp3) is 0.273. The van der Waals surface area contributed by atoms with Crippen molar-refractivity contribution in [3.05, 3.63) is 76.8 Å². The molecule has 1 N–H and O–H groups in total. The van der Waals surface area contributed by atoms with Crippen molar-refractivity contribution in [1.82, 2.24) is 25.5 Å². The molecule has 8 heteroatoms. The molecular formula is C22H23ClN6O. The van der Waals surface area contributed by atoms with Crippen LogP contribution in [-0.4, -0.2) is 38.7 Å². The van der Waals surface area contributed by atoms with Crippen molar-refractivity contribution in [3.63, 3.8) is 0 Å². The highest BCUT2D eigenvalue weighted by molar-refractivity contribution is 6.30. The molecule has 3 aromatic rings. The van der Waals surface area contributed by atoms with Crippen LogP contribution in [0.5, 0.6) is 0 Å². The van der Waals surface area contributed by atoms with Crippen LogP contribution >= 0.6 is 11.6 Å². The molecule has 2 atom stereocenters. The number of amides is 1. The Morgan fingerprint density at radius 1 is 1.17 bits per heavy atom. The number of carbonyl (C=O) groups excluding carboxylic acids is 1. The van der Waals surface area contributed by atoms with E-state index in [1.54, 1.807) is 4.68 Å². The number of nitrogens with one attached hydrogen (secondary N) is 1. The van der Waals surface area contributed by atoms with Gasteiger partial charge in [-0.3, -0.25) is 9.69 Å². The molecule has 1 aliphatic heterocycles. The molecule has 0 radical (unpaired) electrons. The molecule has 1 aromatic heterocycles. The molecule has 1 aliphatic rings. The van der Waals surface area contributed by atoms with Gasteiger partial charge in [-0.1, -0.05) is 66.1 Å². The summed E-state index contributed by atoms with van der Waals surface area (Å²) >= 11 is 6.10. The number of anilines is 1. The maximum atomic E-state index is 12.7. The number of aromatic nitrogens is 4. The largest absolute Gasteiger partial charge is 0.352 e. The van der Waals surface area contributed by atoms with E-state index in [9.17, 15) is 4.79 Å². The van der Waals surface area contributed by atoms with Gasteiger partial charge in [-0.05, 0) is 53.1 Å². The Bertz CT molecular complexity index is 1050. The number of rotatable bonds is 6. The van der Waals surface area contributed by atoms with E-state index in [1.165, 1.54) is 0 Å². The van der Waals surface area contributed by atoms with Gasteiger partial charge in [-0.2, -0.15) is 4.68 Å². The Labute approximate surface area is 180 Å². The number of halogens is 1. The van der Waals surface area contributed by atoms with Crippen molar-refractivity contribution in [2.75, 3.05) is 11.4 Å². The van der Waals surface area contributed by atoms with E-state index >= 15 is 0 Å². The lowest BCUT2D eigenvalue weighted by Crippen LogP contribution is -2.42. The number of fused-ring (bicyclic) bond motifs is 1. The zero-order valence-electron chi connectivity index (χ0n) is 16.9. The highest BCUT2D eigenvalue weighted by Crippen LogP contribution is 2.36. The molecule has 0 spiro atoms. The SMILES string of the molecule is CC[C@@H](C)NC(=O)CN1C(c2ccc(Cl)cc2)=C[C@@H](c2ccccc2)n2nnnc21. The van der Waals surface area contributed by atoms with Crippen LogP contribution in [0.3, 0.4) is 0 Å². The van der Waals surface area contributed by atoms with Crippen molar-refractivity contribution >= 4 is 29.2 Å². The van der Waals surface area contributed by atoms with Gasteiger partial charge in [-0.15, -0.1) is 0 Å². The minimum atomic E-state index is -0.184. The van der Waals surface area contributed by atoms with Gasteiger partial charge in [0.2, 0.25) is 5.91 Å². The molecule has 0 aliphatic carbocycles. The van der Waals surface area contributed by atoms with Crippen LogP contribution in [0.2, 0.25) is 5.02 Å². The Balaban J connectivity index is 1.77. The lowest BCUT2D eigenvalue weighted by Gasteiger charge is -2.32. The van der Waals surface area contributed by atoms with Crippen LogP contribution in [-0.2, 0) is 4.79 Å². The monoisotopic (exact) mass is 422 g/mol. The smallest absolute Gasteiger partial charge is 0.251 e. The highest BCUT2D eigenvalue weighted by atomic mass is 35.5. The van der Waals surface area contributed by atoms with Crippen LogP contribution in [0.4, 0.5) is 5.95 Å². The topological polar surface area (TPSA) is 75.9 Å². The van der Waals surface area contributed by atoms with Gasteiger partial charge in [0.25, 0.3) is 5.95 Å². The van der Waals surface area contributed by atoms with Crippen molar-refractivity contribution in [2.45, 2.75) is 32.4 Å². The van der Waals surface area contributed by atoms with Gasteiger partial charge in [0, 0.05) is 11.1 Å². The highest BCUT2D eigenvalue weighted by Gasteiger charge is 2.32. The lowest BCUT2D eigenvalue weighted by molar-refractivity contribution is -0.120. The molecule has 154 valence electrons. The minimum Gasteiger partial charge on any atom is -0.352 e. The zero-order chi connectivity index (χ0) is 21.1. The lowest BCUT2D eigenvalue weighted by atomic mass is 10.0. The summed E-state index contributed by atoms with van der Waals surface area (Å²) in [5, 5.41) is 16.0. The van der Waals surface area contributed by atoms with Crippen molar-refractivity contribution in [1.29, 1.82) is 0 Å². The van der Waals surface area contributed by atoms with Gasteiger partial charge >= 0.3 is 0 Å². The summed E-state index contributed by atoms with van der Waals surface area (Å²) in [6.07, 6.45) is 2.94. The van der Waals surface area contributed by atoms with Crippen LogP contribution in [0.25, 0.3) is 5.70 Å². The maximum Gasteiger partial charge on any atom is 0.251 e. The molecular weight excluding hydrogens is 400 g/mol. The second-order valence-corrected chi connectivity index (χ2v) is 7.74. The summed E-state index contributed by atoms with van der Waals surface area (Å²) in [6, 6.07) is 17.5. The molecule has 2 heterocycles. The molecule has 2 aromatic carbocycles. The second kappa shape index (κ2) is 8.67. The molecule has 30 heavy (non-hydrogen) atoms. The first-order valence-corrected chi connectivity index (χ1v) is 10.3. The van der Waals surface area contributed by atoms with Crippen molar-refractivity contribution in [2.24, 2.45) is 0 Å². The Morgan fingerprint density at radius 2 is 1.90 bits per heavy atom. The summed E-state index contributed by atoms with van der Waals surface area (Å²) in [6.45, 7) is 4.14. The van der Waals surface area contributed by atoms with E-state index in [-0.39, 0.29) is 24.5 Å². The predicted octanol–water partition coefficient (Wildman–Crippen LogP) is 3.69. The molecule has 0 saturated heterocycles. The van der Waals surface area contributed by atoms with Crippen LogP contribution in [0.1, 0.15) is 37.4 Å². The third kappa shape index (κ3) is 4.07. The van der Waals surface area contributed by atoms with E-state index in [4.69, 9.17) is 11.6 Å². The van der Waals surface area contributed by atoms with E-state index < -0.39 is 0 Å². The normalized spacial score (nSPS) is 16.6. The van der Waals surface area contributed by atoms with E-state index in [2.05, 4.69) is 26.9 Å². The number of hydrogen-bond donors (Lipinski definition) is 1. The minimum absolute atomic E-state index is 0.0862. The molecule has 4 rings (SSSR count). The Hall–Kier alpha value is -3.19. The average molecular weight is 423 g/mol. The molecule has 0 fully saturated rings. The molecule has 0 unspecified atom stereocenters. The summed E-state index contributed by atoms with van der Waals surface area (Å²) < 4.78 is 1.74. The standard InChI is InChI=1S/C22H23ClN6O/c1-3-15(2)24-21(30)14-28-19(17-9-11-18(23)12-10-17)13-20(16-7-5-4-6-8-16)29-22(28)25-26-27-29/h4-13,15,20H,3,14H2,1-2H3,(H,24,30)/t15-,20+/m1/s1. The summed E-state index contributed by atoms with van der Waals surface area (Å²) in [5.41, 5.74) is 2.86. The van der Waals surface area contributed by atoms with Gasteiger partial charge in [0.15, 0.2) is 0 Å². The maximum absolute atomic E-state index is 12.7. The third-order valence-electron chi connectivity index (χ3n) is 5.19. The van der Waals surface area contributed by atoms with Gasteiger partial charge in [0.1, 0.15) is 12.6 Å². The van der Waals surface area contributed by atoms with Crippen LogP contribution in [0.15, 0.2) is 60.7 Å². The van der Waals surface area contributed by atoms with E-state index in [1.807, 2.05) is 73.3 Å². The van der Waals surface area contributed by atoms with Gasteiger partial charge in [0.05, 0.1) is 5.70 Å². The number of benzene rings is 2.